The smallest absolute Gasteiger partial charge is 0.254 e. The molecule has 1 aliphatic rings. The topological polar surface area (TPSA) is 62.7 Å². The van der Waals surface area contributed by atoms with Crippen LogP contribution in [0.4, 0.5) is 0 Å². The second-order valence-corrected chi connectivity index (χ2v) is 8.21. The Balaban J connectivity index is 1.63. The molecule has 4 aromatic rings. The molecule has 1 aliphatic carbocycles. The molecule has 2 aromatic carbocycles. The van der Waals surface area contributed by atoms with Crippen LogP contribution in [0.5, 0.6) is 0 Å². The Bertz CT molecular complexity index is 1220. The van der Waals surface area contributed by atoms with Gasteiger partial charge < -0.3 is 10.3 Å². The quantitative estimate of drug-likeness (QED) is 0.511. The summed E-state index contributed by atoms with van der Waals surface area (Å²) in [7, 11) is 0. The lowest BCUT2D eigenvalue weighted by Crippen LogP contribution is -2.28. The number of hydrogen-bond donors (Lipinski definition) is 2. The van der Waals surface area contributed by atoms with Gasteiger partial charge in [-0.1, -0.05) is 60.9 Å². The summed E-state index contributed by atoms with van der Waals surface area (Å²) in [5.74, 6) is 0. The lowest BCUT2D eigenvalue weighted by atomic mass is 10.1. The van der Waals surface area contributed by atoms with Crippen molar-refractivity contribution in [3.63, 3.8) is 0 Å². The van der Waals surface area contributed by atoms with E-state index in [1.54, 1.807) is 0 Å². The molecule has 0 unspecified atom stereocenters. The van der Waals surface area contributed by atoms with Crippen LogP contribution in [0.25, 0.3) is 28.0 Å². The molecule has 30 heavy (non-hydrogen) atoms. The van der Waals surface area contributed by atoms with Gasteiger partial charge in [-0.05, 0) is 38.0 Å². The third-order valence-corrected chi connectivity index (χ3v) is 6.03. The minimum atomic E-state index is -0.0551. The Morgan fingerprint density at radius 3 is 2.53 bits per heavy atom. The summed E-state index contributed by atoms with van der Waals surface area (Å²) in [6.45, 7) is 2.66. The zero-order valence-corrected chi connectivity index (χ0v) is 17.2. The molecule has 0 radical (unpaired) electrons. The number of benzene rings is 2. The molecule has 0 aliphatic heterocycles. The van der Waals surface area contributed by atoms with Crippen LogP contribution in [0.1, 0.15) is 36.8 Å². The molecular formula is C25H26N4O. The maximum absolute atomic E-state index is 12.9. The summed E-state index contributed by atoms with van der Waals surface area (Å²) in [5.41, 5.74) is 5.49. The molecule has 1 saturated carbocycles. The van der Waals surface area contributed by atoms with E-state index in [1.807, 2.05) is 41.1 Å². The van der Waals surface area contributed by atoms with Crippen LogP contribution < -0.4 is 10.9 Å². The number of aromatic amines is 1. The van der Waals surface area contributed by atoms with E-state index in [0.29, 0.717) is 12.6 Å². The number of pyridine rings is 1. The third-order valence-electron chi connectivity index (χ3n) is 6.03. The Kier molecular flexibility index (Phi) is 4.97. The molecular weight excluding hydrogens is 372 g/mol. The fourth-order valence-electron chi connectivity index (χ4n) is 4.31. The molecule has 152 valence electrons. The number of aryl methyl sites for hydroxylation is 1. The second-order valence-electron chi connectivity index (χ2n) is 8.21. The van der Waals surface area contributed by atoms with Gasteiger partial charge in [-0.2, -0.15) is 5.10 Å². The Morgan fingerprint density at radius 1 is 1.07 bits per heavy atom. The number of H-pyrrole nitrogens is 1. The molecule has 0 spiro atoms. The van der Waals surface area contributed by atoms with E-state index < -0.39 is 0 Å². The summed E-state index contributed by atoms with van der Waals surface area (Å²) in [6, 6.07) is 20.8. The number of para-hydroxylation sites is 1. The number of hydrogen-bond acceptors (Lipinski definition) is 3. The molecule has 0 amide bonds. The highest BCUT2D eigenvalue weighted by atomic mass is 16.1. The molecule has 5 nitrogen and oxygen atoms in total. The van der Waals surface area contributed by atoms with Gasteiger partial charge in [-0.15, -0.1) is 0 Å². The molecule has 0 atom stereocenters. The summed E-state index contributed by atoms with van der Waals surface area (Å²) >= 11 is 0. The van der Waals surface area contributed by atoms with Gasteiger partial charge in [0.15, 0.2) is 0 Å². The van der Waals surface area contributed by atoms with Gasteiger partial charge in [-0.25, -0.2) is 4.68 Å². The highest BCUT2D eigenvalue weighted by molar-refractivity contribution is 5.92. The van der Waals surface area contributed by atoms with Gasteiger partial charge in [0.05, 0.1) is 5.69 Å². The van der Waals surface area contributed by atoms with E-state index in [0.717, 1.165) is 33.5 Å². The van der Waals surface area contributed by atoms with Crippen molar-refractivity contribution in [2.24, 2.45) is 0 Å². The SMILES string of the molecule is Cc1ccc(-c2nn(-c3ccccc3)c3[nH]c(=O)c(CNC4CCCC4)cc23)cc1. The average Bonchev–Trinajstić information content (AvgIpc) is 3.41. The van der Waals surface area contributed by atoms with E-state index in [9.17, 15) is 4.79 Å². The monoisotopic (exact) mass is 398 g/mol. The maximum Gasteiger partial charge on any atom is 0.254 e. The number of rotatable bonds is 5. The highest BCUT2D eigenvalue weighted by Gasteiger charge is 2.18. The number of nitrogens with one attached hydrogen (secondary N) is 2. The van der Waals surface area contributed by atoms with Crippen molar-refractivity contribution in [2.75, 3.05) is 0 Å². The van der Waals surface area contributed by atoms with Crippen LogP contribution in [0.3, 0.4) is 0 Å². The van der Waals surface area contributed by atoms with Crippen LogP contribution in [-0.2, 0) is 6.54 Å². The normalized spacial score (nSPS) is 14.6. The van der Waals surface area contributed by atoms with Crippen LogP contribution in [0.15, 0.2) is 65.5 Å². The highest BCUT2D eigenvalue weighted by Crippen LogP contribution is 2.29. The van der Waals surface area contributed by atoms with Gasteiger partial charge in [0.25, 0.3) is 5.56 Å². The maximum atomic E-state index is 12.9. The lowest BCUT2D eigenvalue weighted by molar-refractivity contribution is 0.522. The largest absolute Gasteiger partial charge is 0.310 e. The van der Waals surface area contributed by atoms with Crippen molar-refractivity contribution in [3.05, 3.63) is 82.1 Å². The van der Waals surface area contributed by atoms with Crippen molar-refractivity contribution in [2.45, 2.75) is 45.2 Å². The summed E-state index contributed by atoms with van der Waals surface area (Å²) in [4.78, 5) is 16.0. The van der Waals surface area contributed by atoms with Gasteiger partial charge in [0.1, 0.15) is 11.3 Å². The van der Waals surface area contributed by atoms with Crippen molar-refractivity contribution in [3.8, 4) is 16.9 Å². The van der Waals surface area contributed by atoms with Crippen LogP contribution in [0.2, 0.25) is 0 Å². The molecule has 2 aromatic heterocycles. The van der Waals surface area contributed by atoms with Gasteiger partial charge in [0, 0.05) is 29.1 Å². The molecule has 0 saturated heterocycles. The molecule has 5 rings (SSSR count). The summed E-state index contributed by atoms with van der Waals surface area (Å²) < 4.78 is 1.83. The molecule has 2 N–H and O–H groups in total. The van der Waals surface area contributed by atoms with E-state index >= 15 is 0 Å². The van der Waals surface area contributed by atoms with Crippen molar-refractivity contribution >= 4 is 11.0 Å². The van der Waals surface area contributed by atoms with Crippen LogP contribution in [-0.4, -0.2) is 20.8 Å². The van der Waals surface area contributed by atoms with Crippen LogP contribution >= 0.6 is 0 Å². The minimum absolute atomic E-state index is 0.0551. The van der Waals surface area contributed by atoms with Gasteiger partial charge in [-0.3, -0.25) is 4.79 Å². The molecule has 0 bridgehead atoms. The predicted molar refractivity (Wildman–Crippen MR) is 121 cm³/mol. The molecule has 2 heterocycles. The van der Waals surface area contributed by atoms with E-state index in [-0.39, 0.29) is 5.56 Å². The first kappa shape index (κ1) is 18.8. The second kappa shape index (κ2) is 7.92. The van der Waals surface area contributed by atoms with Crippen LogP contribution in [0, 0.1) is 6.92 Å². The fraction of sp³-hybridized carbons (Fsp3) is 0.280. The van der Waals surface area contributed by atoms with Crippen molar-refractivity contribution in [1.29, 1.82) is 0 Å². The number of nitrogens with zero attached hydrogens (tertiary/aromatic N) is 2. The Morgan fingerprint density at radius 2 is 1.80 bits per heavy atom. The first-order chi connectivity index (χ1) is 14.7. The number of aromatic nitrogens is 3. The zero-order chi connectivity index (χ0) is 20.5. The first-order valence-electron chi connectivity index (χ1n) is 10.7. The zero-order valence-electron chi connectivity index (χ0n) is 17.2. The Hall–Kier alpha value is -3.18. The molecule has 5 heteroatoms. The lowest BCUT2D eigenvalue weighted by Gasteiger charge is -2.11. The number of fused-ring (bicyclic) bond motifs is 1. The predicted octanol–water partition coefficient (Wildman–Crippen LogP) is 4.72. The molecule has 1 fully saturated rings. The van der Waals surface area contributed by atoms with Crippen molar-refractivity contribution < 1.29 is 0 Å². The minimum Gasteiger partial charge on any atom is -0.310 e. The summed E-state index contributed by atoms with van der Waals surface area (Å²) in [5, 5.41) is 9.43. The third kappa shape index (κ3) is 3.57. The van der Waals surface area contributed by atoms with Crippen molar-refractivity contribution in [1.82, 2.24) is 20.1 Å². The van der Waals surface area contributed by atoms with Gasteiger partial charge in [0.2, 0.25) is 0 Å². The summed E-state index contributed by atoms with van der Waals surface area (Å²) in [6.07, 6.45) is 4.93. The van der Waals surface area contributed by atoms with E-state index in [1.165, 1.54) is 31.2 Å². The van der Waals surface area contributed by atoms with E-state index in [4.69, 9.17) is 5.10 Å². The first-order valence-corrected chi connectivity index (χ1v) is 10.7. The van der Waals surface area contributed by atoms with Gasteiger partial charge >= 0.3 is 0 Å². The van der Waals surface area contributed by atoms with E-state index in [2.05, 4.69) is 41.5 Å². The standard InChI is InChI=1S/C25H26N4O/c1-17-11-13-18(14-12-17)23-22-15-19(16-26-20-7-5-6-8-20)25(30)27-24(22)29(28-23)21-9-3-2-4-10-21/h2-4,9-15,20,26H,5-8,16H2,1H3,(H,27,30). The Labute approximate surface area is 175 Å². The average molecular weight is 399 g/mol. The fourth-order valence-corrected chi connectivity index (χ4v) is 4.31.